The number of aliphatic carboxylic acids is 2. The summed E-state index contributed by atoms with van der Waals surface area (Å²) in [4.78, 5) is 50.9. The molecule has 444 valence electrons. The zero-order valence-corrected chi connectivity index (χ0v) is 50.6. The quantitative estimate of drug-likeness (QED) is 0.0122. The molecule has 0 spiro atoms. The van der Waals surface area contributed by atoms with E-state index in [1.165, 1.54) is 77.7 Å². The molecule has 1 unspecified atom stereocenters. The van der Waals surface area contributed by atoms with Crippen molar-refractivity contribution in [2.24, 2.45) is 5.92 Å². The maximum atomic E-state index is 13.7. The average molecular weight is 1260 g/mol. The Morgan fingerprint density at radius 2 is 1.00 bits per heavy atom. The third-order valence-electron chi connectivity index (χ3n) is 11.1. The Labute approximate surface area is 495 Å². The van der Waals surface area contributed by atoms with E-state index in [1.54, 1.807) is 19.9 Å². The number of carbonyl (C=O) groups is 5. The Morgan fingerprint density at radius 1 is 0.646 bits per heavy atom. The van der Waals surface area contributed by atoms with Crippen molar-refractivity contribution in [1.82, 2.24) is 5.32 Å². The number of hydrogen-bond acceptors (Lipinski definition) is 9. The number of aliphatic hydroxyl groups excluding tert-OH is 1. The summed E-state index contributed by atoms with van der Waals surface area (Å²) < 4.78 is 67.2. The standard InChI is InChI=1S/C26H24P2.C15H19F2NO2.C10H8F2O.C8H14O4.2C2H4O2.Pd/c1-5-13-23(14-6-1)27(24-15-7-2-8-16-24)21-22-28(25-17-9-3-10-18-25)26-19-11-4-12-20-26;1-10(20)18-15(2,3)8-7-11(9-19)12-5-4-6-13(16)14(12)17;1-2-10(6-13-10)7-4-3-5-8(11)9(7)12;1-4-11-7(9)6(3)8(10)12-5-2;2*1-2(3)4;/h1-20H,21-22H2;4-7,19H,8-9H2,1-3H3,(H,18,20);2-5H,1,6H2;6H,4-5H2,1-3H3;2*1H3,(H,3,4);/b;11-7+;;;;;. The van der Waals surface area contributed by atoms with E-state index < -0.39 is 70.8 Å². The minimum atomic E-state index is -0.981. The Kier molecular flexibility index (Phi) is 34.8. The van der Waals surface area contributed by atoms with Crippen LogP contribution in [-0.4, -0.2) is 89.4 Å². The van der Waals surface area contributed by atoms with E-state index >= 15 is 0 Å². The van der Waals surface area contributed by atoms with Crippen LogP contribution < -0.4 is 26.5 Å². The van der Waals surface area contributed by atoms with Gasteiger partial charge in [0, 0.05) is 57.9 Å². The molecule has 4 N–H and O–H groups in total. The number of aliphatic hydroxyl groups is 1. The molecule has 1 aliphatic heterocycles. The number of rotatable bonds is 18. The van der Waals surface area contributed by atoms with Gasteiger partial charge in [0.2, 0.25) is 5.91 Å². The number of carbonyl (C=O) groups excluding carboxylic acids is 3. The first-order chi connectivity index (χ1) is 38.5. The number of carboxylic acids is 2. The van der Waals surface area contributed by atoms with Crippen molar-refractivity contribution in [2.75, 3.05) is 38.8 Å². The molecule has 0 bridgehead atoms. The molecule has 1 fully saturated rings. The predicted molar refractivity (Wildman–Crippen MR) is 315 cm³/mol. The topological polar surface area (TPSA) is 189 Å². The number of hydrogen-bond donors (Lipinski definition) is 4. The summed E-state index contributed by atoms with van der Waals surface area (Å²) in [6.45, 7) is 16.1. The normalized spacial score (nSPS) is 12.9. The van der Waals surface area contributed by atoms with Gasteiger partial charge >= 0.3 is 11.9 Å². The summed E-state index contributed by atoms with van der Waals surface area (Å²) in [5.74, 6) is -7.36. The molecule has 19 heteroatoms. The van der Waals surface area contributed by atoms with Gasteiger partial charge in [-0.2, -0.15) is 0 Å². The van der Waals surface area contributed by atoms with Crippen molar-refractivity contribution in [2.45, 2.75) is 73.0 Å². The third-order valence-corrected chi connectivity index (χ3v) is 16.5. The van der Waals surface area contributed by atoms with Gasteiger partial charge in [-0.05, 0) is 108 Å². The van der Waals surface area contributed by atoms with Crippen LogP contribution in [0.5, 0.6) is 0 Å². The van der Waals surface area contributed by atoms with Crippen molar-refractivity contribution >= 4 is 72.4 Å². The van der Waals surface area contributed by atoms with Gasteiger partial charge < -0.3 is 34.8 Å². The third kappa shape index (κ3) is 26.9. The second kappa shape index (κ2) is 38.9. The van der Waals surface area contributed by atoms with E-state index in [9.17, 15) is 37.1 Å². The summed E-state index contributed by atoms with van der Waals surface area (Å²) >= 11 is 0. The maximum Gasteiger partial charge on any atom is 0.320 e. The van der Waals surface area contributed by atoms with Gasteiger partial charge in [-0.1, -0.05) is 164 Å². The SMILES string of the molecule is C=CC1(c2cccc(F)c2F)CO1.CC(=O)NC(C)(C)C/C=C(\CO)c1cccc(F)c1F.CC(=O)O.CC(=O)O.CCOC(=O)C(C)C(=O)OCC.[Pd].c1ccc(P(CCP(c2ccccc2)c2ccccc2)c2ccccc2)cc1. The summed E-state index contributed by atoms with van der Waals surface area (Å²) in [5.41, 5.74) is -0.767. The molecule has 0 aromatic heterocycles. The summed E-state index contributed by atoms with van der Waals surface area (Å²) in [6, 6.07) is 52.1. The molecular weight excluding hydrogens is 1190 g/mol. The minimum Gasteiger partial charge on any atom is -0.481 e. The first kappa shape index (κ1) is 73.3. The van der Waals surface area contributed by atoms with Crippen LogP contribution in [0.2, 0.25) is 0 Å². The van der Waals surface area contributed by atoms with E-state index in [4.69, 9.17) is 24.5 Å². The van der Waals surface area contributed by atoms with Crippen LogP contribution in [-0.2, 0) is 64.2 Å². The molecule has 7 rings (SSSR count). The fourth-order valence-corrected chi connectivity index (χ4v) is 12.6. The molecule has 6 aromatic carbocycles. The number of carboxylic acid groups (broad SMARTS) is 2. The van der Waals surface area contributed by atoms with Gasteiger partial charge in [0.25, 0.3) is 11.9 Å². The van der Waals surface area contributed by atoms with E-state index in [0.717, 1.165) is 26.0 Å². The van der Waals surface area contributed by atoms with Gasteiger partial charge in [0.15, 0.2) is 29.2 Å². The number of esters is 2. The van der Waals surface area contributed by atoms with Crippen LogP contribution in [0.15, 0.2) is 176 Å². The van der Waals surface area contributed by atoms with Crippen molar-refractivity contribution in [3.05, 3.63) is 211 Å². The monoisotopic (exact) mass is 1260 g/mol. The van der Waals surface area contributed by atoms with Gasteiger partial charge in [0.1, 0.15) is 5.60 Å². The first-order valence-electron chi connectivity index (χ1n) is 25.7. The molecule has 1 heterocycles. The largest absolute Gasteiger partial charge is 0.481 e. The van der Waals surface area contributed by atoms with Crippen molar-refractivity contribution in [3.63, 3.8) is 0 Å². The van der Waals surface area contributed by atoms with Gasteiger partial charge in [-0.15, -0.1) is 0 Å². The molecule has 1 aliphatic rings. The number of epoxide rings is 1. The fourth-order valence-electron chi connectivity index (χ4n) is 7.29. The zero-order chi connectivity index (χ0) is 60.5. The van der Waals surface area contributed by atoms with Crippen LogP contribution in [0, 0.1) is 29.2 Å². The summed E-state index contributed by atoms with van der Waals surface area (Å²) in [6.07, 6.45) is 5.90. The second-order valence-electron chi connectivity index (χ2n) is 18.2. The van der Waals surface area contributed by atoms with Gasteiger partial charge in [-0.25, -0.2) is 17.6 Å². The average Bonchev–Trinajstić information content (AvgIpc) is 4.34. The van der Waals surface area contributed by atoms with Crippen molar-refractivity contribution < 1.29 is 91.5 Å². The summed E-state index contributed by atoms with van der Waals surface area (Å²) in [5, 5.41) is 32.8. The van der Waals surface area contributed by atoms with Crippen molar-refractivity contribution in [1.29, 1.82) is 0 Å². The van der Waals surface area contributed by atoms with Gasteiger partial charge in [0.05, 0.1) is 26.4 Å². The number of nitrogens with one attached hydrogen (secondary N) is 1. The smallest absolute Gasteiger partial charge is 0.320 e. The number of amides is 1. The Hall–Kier alpha value is -6.69. The molecule has 0 saturated carbocycles. The Balaban J connectivity index is 0.000000547. The number of halogens is 4. The second-order valence-corrected chi connectivity index (χ2v) is 22.8. The molecule has 0 aliphatic carbocycles. The first-order valence-corrected chi connectivity index (χ1v) is 28.8. The van der Waals surface area contributed by atoms with Crippen LogP contribution >= 0.6 is 15.8 Å². The van der Waals surface area contributed by atoms with Crippen LogP contribution in [0.1, 0.15) is 72.9 Å². The molecule has 1 saturated heterocycles. The molecular formula is C63H73F4NO11P2Pd. The molecule has 12 nitrogen and oxygen atoms in total. The van der Waals surface area contributed by atoms with Gasteiger partial charge in [-0.3, -0.25) is 24.0 Å². The summed E-state index contributed by atoms with van der Waals surface area (Å²) in [7, 11) is -0.696. The van der Waals surface area contributed by atoms with Crippen LogP contribution in [0.25, 0.3) is 5.57 Å². The van der Waals surface area contributed by atoms with E-state index in [2.05, 4.69) is 143 Å². The molecule has 82 heavy (non-hydrogen) atoms. The van der Waals surface area contributed by atoms with Crippen LogP contribution in [0.4, 0.5) is 17.6 Å². The Bertz CT molecular complexity index is 2720. The number of benzene rings is 6. The molecule has 1 atom stereocenters. The predicted octanol–water partition coefficient (Wildman–Crippen LogP) is 11.2. The molecule has 6 aromatic rings. The molecule has 0 radical (unpaired) electrons. The Morgan fingerprint density at radius 3 is 1.32 bits per heavy atom. The van der Waals surface area contributed by atoms with E-state index in [-0.39, 0.29) is 66.5 Å². The van der Waals surface area contributed by atoms with E-state index in [1.807, 2.05) is 13.8 Å². The fraction of sp³-hybridized carbons (Fsp3) is 0.286. The van der Waals surface area contributed by atoms with Crippen LogP contribution in [0.3, 0.4) is 0 Å². The minimum absolute atomic E-state index is 0. The van der Waals surface area contributed by atoms with E-state index in [0.29, 0.717) is 18.6 Å². The number of ether oxygens (including phenoxy) is 3. The van der Waals surface area contributed by atoms with Crippen molar-refractivity contribution in [3.8, 4) is 0 Å². The zero-order valence-electron chi connectivity index (χ0n) is 47.2. The maximum absolute atomic E-state index is 13.7. The molecule has 1 amide bonds.